The van der Waals surface area contributed by atoms with Crippen molar-refractivity contribution >= 4 is 28.4 Å². The lowest BCUT2D eigenvalue weighted by molar-refractivity contribution is -0.383. The molecule has 100 valence electrons. The zero-order chi connectivity index (χ0) is 14.0. The summed E-state index contributed by atoms with van der Waals surface area (Å²) in [5.41, 5.74) is 7.58. The highest BCUT2D eigenvalue weighted by molar-refractivity contribution is 7.09. The van der Waals surface area contributed by atoms with Crippen LogP contribution in [0.25, 0.3) is 0 Å². The van der Waals surface area contributed by atoms with E-state index in [-0.39, 0.29) is 11.4 Å². The molecule has 0 saturated heterocycles. The smallest absolute Gasteiger partial charge is 0.292 e. The molecule has 0 aliphatic carbocycles. The Labute approximate surface area is 114 Å². The second-order valence-corrected chi connectivity index (χ2v) is 5.28. The van der Waals surface area contributed by atoms with E-state index in [9.17, 15) is 10.1 Å². The van der Waals surface area contributed by atoms with Crippen LogP contribution in [0, 0.1) is 17.0 Å². The van der Waals surface area contributed by atoms with Crippen LogP contribution in [0.4, 0.5) is 17.1 Å². The van der Waals surface area contributed by atoms with Crippen LogP contribution in [0.15, 0.2) is 23.6 Å². The topological polar surface area (TPSA) is 85.3 Å². The van der Waals surface area contributed by atoms with Gasteiger partial charge in [0.05, 0.1) is 22.2 Å². The van der Waals surface area contributed by atoms with Crippen LogP contribution in [0.3, 0.4) is 0 Å². The number of nitrogens with zero attached hydrogens (tertiary/aromatic N) is 3. The number of benzene rings is 1. The summed E-state index contributed by atoms with van der Waals surface area (Å²) in [4.78, 5) is 16.6. The third kappa shape index (κ3) is 3.00. The number of nitrogens with two attached hydrogens (primary N) is 1. The third-order valence-corrected chi connectivity index (χ3v) is 3.54. The number of aryl methyl sites for hydroxylation is 1. The number of rotatable bonds is 4. The molecule has 0 bridgehead atoms. The quantitative estimate of drug-likeness (QED) is 0.528. The van der Waals surface area contributed by atoms with Crippen LogP contribution in [0.2, 0.25) is 0 Å². The lowest BCUT2D eigenvalue weighted by atomic mass is 10.2. The van der Waals surface area contributed by atoms with Gasteiger partial charge in [-0.25, -0.2) is 4.98 Å². The monoisotopic (exact) mass is 278 g/mol. The minimum atomic E-state index is -0.483. The van der Waals surface area contributed by atoms with Crippen LogP contribution < -0.4 is 10.6 Å². The summed E-state index contributed by atoms with van der Waals surface area (Å²) in [6.45, 7) is 2.60. The van der Waals surface area contributed by atoms with Gasteiger partial charge in [-0.3, -0.25) is 10.1 Å². The van der Waals surface area contributed by atoms with Crippen LogP contribution >= 0.6 is 11.3 Å². The molecule has 1 heterocycles. The third-order valence-electron chi connectivity index (χ3n) is 2.71. The number of hydrogen-bond donors (Lipinski definition) is 1. The van der Waals surface area contributed by atoms with Crippen molar-refractivity contribution in [1.82, 2.24) is 4.98 Å². The van der Waals surface area contributed by atoms with Gasteiger partial charge < -0.3 is 10.6 Å². The number of nitrogen functional groups attached to an aromatic ring is 1. The van der Waals surface area contributed by atoms with E-state index >= 15 is 0 Å². The van der Waals surface area contributed by atoms with Crippen molar-refractivity contribution in [3.63, 3.8) is 0 Å². The Kier molecular flexibility index (Phi) is 3.66. The van der Waals surface area contributed by atoms with Crippen LogP contribution in [-0.2, 0) is 6.54 Å². The molecule has 0 aliphatic heterocycles. The van der Waals surface area contributed by atoms with Crippen LogP contribution in [0.5, 0.6) is 0 Å². The van der Waals surface area contributed by atoms with Gasteiger partial charge in [0.1, 0.15) is 5.69 Å². The van der Waals surface area contributed by atoms with Crippen LogP contribution in [0.1, 0.15) is 10.7 Å². The number of nitro benzene ring substituents is 1. The molecule has 0 unspecified atom stereocenters. The predicted molar refractivity (Wildman–Crippen MR) is 76.5 cm³/mol. The van der Waals surface area contributed by atoms with Crippen molar-refractivity contribution in [2.75, 3.05) is 17.7 Å². The van der Waals surface area contributed by atoms with Crippen molar-refractivity contribution in [2.45, 2.75) is 13.5 Å². The number of aromatic nitrogens is 1. The fraction of sp³-hybridized carbons (Fsp3) is 0.250. The Morgan fingerprint density at radius 2 is 2.26 bits per heavy atom. The van der Waals surface area contributed by atoms with Crippen molar-refractivity contribution < 1.29 is 4.92 Å². The van der Waals surface area contributed by atoms with Gasteiger partial charge in [-0.15, -0.1) is 11.3 Å². The highest BCUT2D eigenvalue weighted by Crippen LogP contribution is 2.27. The van der Waals surface area contributed by atoms with Crippen molar-refractivity contribution in [1.29, 1.82) is 0 Å². The Morgan fingerprint density at radius 1 is 1.53 bits per heavy atom. The molecule has 0 spiro atoms. The molecule has 1 aromatic carbocycles. The van der Waals surface area contributed by atoms with E-state index in [4.69, 9.17) is 5.73 Å². The normalized spacial score (nSPS) is 10.4. The maximum absolute atomic E-state index is 10.7. The molecular formula is C12H14N4O2S. The molecule has 0 amide bonds. The molecule has 2 rings (SSSR count). The van der Waals surface area contributed by atoms with E-state index < -0.39 is 4.92 Å². The molecular weight excluding hydrogens is 264 g/mol. The molecule has 2 aromatic rings. The summed E-state index contributed by atoms with van der Waals surface area (Å²) in [6.07, 6.45) is 0. The average Bonchev–Trinajstić information content (AvgIpc) is 2.74. The van der Waals surface area contributed by atoms with Gasteiger partial charge in [-0.2, -0.15) is 0 Å². The number of nitro groups is 1. The summed E-state index contributed by atoms with van der Waals surface area (Å²) in [7, 11) is 1.90. The Hall–Kier alpha value is -2.15. The minimum Gasteiger partial charge on any atom is -0.393 e. The van der Waals surface area contributed by atoms with E-state index in [0.717, 1.165) is 16.4 Å². The van der Waals surface area contributed by atoms with Gasteiger partial charge in [-0.05, 0) is 19.1 Å². The summed E-state index contributed by atoms with van der Waals surface area (Å²) < 4.78 is 0. The van der Waals surface area contributed by atoms with Gasteiger partial charge in [0.25, 0.3) is 5.69 Å². The molecule has 0 radical (unpaired) electrons. The fourth-order valence-electron chi connectivity index (χ4n) is 1.76. The summed E-state index contributed by atoms with van der Waals surface area (Å²) in [5, 5.41) is 13.7. The fourth-order valence-corrected chi connectivity index (χ4v) is 2.36. The lowest BCUT2D eigenvalue weighted by Gasteiger charge is -2.18. The van der Waals surface area contributed by atoms with E-state index in [2.05, 4.69) is 4.98 Å². The van der Waals surface area contributed by atoms with E-state index in [1.54, 1.807) is 23.5 Å². The highest BCUT2D eigenvalue weighted by Gasteiger charge is 2.13. The first kappa shape index (κ1) is 13.3. The zero-order valence-corrected chi connectivity index (χ0v) is 11.5. The Morgan fingerprint density at radius 3 is 2.79 bits per heavy atom. The summed E-state index contributed by atoms with van der Waals surface area (Å²) in [5.74, 6) is 0. The van der Waals surface area contributed by atoms with Crippen molar-refractivity contribution in [2.24, 2.45) is 0 Å². The van der Waals surface area contributed by atoms with Crippen molar-refractivity contribution in [3.05, 3.63) is 44.4 Å². The SMILES string of the molecule is Cc1nc(CN(C)c2ccc([N+](=O)[O-])c(N)c2)cs1. The van der Waals surface area contributed by atoms with Gasteiger partial charge in [0.15, 0.2) is 0 Å². The standard InChI is InChI=1S/C12H14N4O2S/c1-8-14-9(7-19-8)6-15(2)10-3-4-12(16(17)18)11(13)5-10/h3-5,7H,6,13H2,1-2H3. The second-order valence-electron chi connectivity index (χ2n) is 4.21. The number of thiazole rings is 1. The molecule has 0 aliphatic rings. The predicted octanol–water partition coefficient (Wildman–Crippen LogP) is 2.58. The van der Waals surface area contributed by atoms with Gasteiger partial charge in [0.2, 0.25) is 0 Å². The van der Waals surface area contributed by atoms with Gasteiger partial charge in [0, 0.05) is 24.2 Å². The average molecular weight is 278 g/mol. The van der Waals surface area contributed by atoms with E-state index in [1.807, 2.05) is 24.3 Å². The second kappa shape index (κ2) is 5.23. The Bertz CT molecular complexity index is 612. The molecule has 1 aromatic heterocycles. The van der Waals surface area contributed by atoms with E-state index in [1.165, 1.54) is 6.07 Å². The minimum absolute atomic E-state index is 0.0679. The first-order valence-electron chi connectivity index (χ1n) is 5.63. The lowest BCUT2D eigenvalue weighted by Crippen LogP contribution is -2.16. The molecule has 0 fully saturated rings. The maximum Gasteiger partial charge on any atom is 0.292 e. The van der Waals surface area contributed by atoms with Gasteiger partial charge in [-0.1, -0.05) is 0 Å². The summed E-state index contributed by atoms with van der Waals surface area (Å²) in [6, 6.07) is 4.72. The summed E-state index contributed by atoms with van der Waals surface area (Å²) >= 11 is 1.60. The molecule has 2 N–H and O–H groups in total. The largest absolute Gasteiger partial charge is 0.393 e. The van der Waals surface area contributed by atoms with Crippen molar-refractivity contribution in [3.8, 4) is 0 Å². The number of anilines is 2. The number of hydrogen-bond acceptors (Lipinski definition) is 6. The maximum atomic E-state index is 10.7. The first-order chi connectivity index (χ1) is 8.97. The van der Waals surface area contributed by atoms with Gasteiger partial charge >= 0.3 is 0 Å². The molecule has 19 heavy (non-hydrogen) atoms. The molecule has 7 heteroatoms. The molecule has 6 nitrogen and oxygen atoms in total. The van der Waals surface area contributed by atoms with Crippen LogP contribution in [-0.4, -0.2) is 17.0 Å². The highest BCUT2D eigenvalue weighted by atomic mass is 32.1. The first-order valence-corrected chi connectivity index (χ1v) is 6.51. The molecule has 0 atom stereocenters. The molecule has 0 saturated carbocycles. The Balaban J connectivity index is 2.17. The zero-order valence-electron chi connectivity index (χ0n) is 10.7. The van der Waals surface area contributed by atoms with E-state index in [0.29, 0.717) is 6.54 Å².